The normalized spacial score (nSPS) is 10.7. The summed E-state index contributed by atoms with van der Waals surface area (Å²) >= 11 is 3.37. The van der Waals surface area contributed by atoms with Crippen LogP contribution in [-0.2, 0) is 6.54 Å². The summed E-state index contributed by atoms with van der Waals surface area (Å²) < 4.78 is 4.34. The Hall–Kier alpha value is -2.14. The van der Waals surface area contributed by atoms with Crippen molar-refractivity contribution in [2.75, 3.05) is 0 Å². The zero-order valence-electron chi connectivity index (χ0n) is 10.6. The van der Waals surface area contributed by atoms with Crippen molar-refractivity contribution in [3.05, 3.63) is 81.4 Å². The van der Waals surface area contributed by atoms with Crippen molar-refractivity contribution in [1.29, 1.82) is 0 Å². The van der Waals surface area contributed by atoms with E-state index in [4.69, 9.17) is 0 Å². The van der Waals surface area contributed by atoms with Crippen molar-refractivity contribution < 1.29 is 0 Å². The van der Waals surface area contributed by atoms with Crippen LogP contribution in [0.4, 0.5) is 0 Å². The fraction of sp³-hybridized carbons (Fsp3) is 0.0667. The molecule has 0 fully saturated rings. The minimum atomic E-state index is -0.0272. The lowest BCUT2D eigenvalue weighted by Gasteiger charge is -2.03. The minimum Gasteiger partial charge on any atom is -0.310 e. The maximum Gasteiger partial charge on any atom is 0.250 e. The molecule has 0 aliphatic rings. The molecular formula is C15H12BrN3O. The van der Waals surface area contributed by atoms with Gasteiger partial charge in [-0.15, -0.1) is 0 Å². The van der Waals surface area contributed by atoms with Gasteiger partial charge in [0.05, 0.1) is 18.4 Å². The second-order valence-electron chi connectivity index (χ2n) is 4.44. The van der Waals surface area contributed by atoms with Gasteiger partial charge in [0.25, 0.3) is 5.56 Å². The molecule has 2 heterocycles. The van der Waals surface area contributed by atoms with Crippen LogP contribution in [0.1, 0.15) is 5.56 Å². The molecule has 0 atom stereocenters. The fourth-order valence-corrected chi connectivity index (χ4v) is 2.37. The van der Waals surface area contributed by atoms with E-state index < -0.39 is 0 Å². The van der Waals surface area contributed by atoms with E-state index in [1.807, 2.05) is 36.5 Å². The van der Waals surface area contributed by atoms with Crippen LogP contribution < -0.4 is 5.56 Å². The quantitative estimate of drug-likeness (QED) is 0.741. The van der Waals surface area contributed by atoms with Crippen LogP contribution >= 0.6 is 15.9 Å². The monoisotopic (exact) mass is 329 g/mol. The van der Waals surface area contributed by atoms with Crippen LogP contribution in [0.5, 0.6) is 0 Å². The highest BCUT2D eigenvalue weighted by atomic mass is 79.9. The highest BCUT2D eigenvalue weighted by Gasteiger charge is 2.03. The molecule has 1 aromatic carbocycles. The van der Waals surface area contributed by atoms with Crippen molar-refractivity contribution in [1.82, 2.24) is 14.3 Å². The molecule has 0 saturated heterocycles. The van der Waals surface area contributed by atoms with E-state index >= 15 is 0 Å². The zero-order valence-corrected chi connectivity index (χ0v) is 12.2. The van der Waals surface area contributed by atoms with Crippen molar-refractivity contribution in [3.63, 3.8) is 0 Å². The van der Waals surface area contributed by atoms with Gasteiger partial charge in [0.1, 0.15) is 0 Å². The standard InChI is InChI=1S/C15H12BrN3O/c16-13-6-7-15(20)18(11-13)9-12-8-17-19(10-12)14-4-2-1-3-5-14/h1-8,10-11H,9H2. The molecule has 3 rings (SSSR count). The van der Waals surface area contributed by atoms with Crippen LogP contribution in [0.25, 0.3) is 5.69 Å². The second-order valence-corrected chi connectivity index (χ2v) is 5.36. The van der Waals surface area contributed by atoms with E-state index in [0.717, 1.165) is 15.7 Å². The summed E-state index contributed by atoms with van der Waals surface area (Å²) in [5.74, 6) is 0. The van der Waals surface area contributed by atoms with Gasteiger partial charge in [-0.05, 0) is 34.1 Å². The van der Waals surface area contributed by atoms with Crippen LogP contribution in [0, 0.1) is 0 Å². The third-order valence-electron chi connectivity index (χ3n) is 2.96. The van der Waals surface area contributed by atoms with Gasteiger partial charge in [-0.1, -0.05) is 18.2 Å². The van der Waals surface area contributed by atoms with Gasteiger partial charge >= 0.3 is 0 Å². The Morgan fingerprint density at radius 1 is 1.05 bits per heavy atom. The number of rotatable bonds is 3. The third kappa shape index (κ3) is 2.72. The Labute approximate surface area is 124 Å². The Balaban J connectivity index is 1.88. The number of hydrogen-bond donors (Lipinski definition) is 0. The highest BCUT2D eigenvalue weighted by Crippen LogP contribution is 2.10. The number of halogens is 1. The Kier molecular flexibility index (Phi) is 3.52. The van der Waals surface area contributed by atoms with Gasteiger partial charge in [-0.3, -0.25) is 4.79 Å². The molecule has 20 heavy (non-hydrogen) atoms. The summed E-state index contributed by atoms with van der Waals surface area (Å²) in [4.78, 5) is 11.8. The molecule has 0 aliphatic carbocycles. The molecule has 0 bridgehead atoms. The molecule has 0 aliphatic heterocycles. The summed E-state index contributed by atoms with van der Waals surface area (Å²) in [6, 6.07) is 13.2. The largest absolute Gasteiger partial charge is 0.310 e. The topological polar surface area (TPSA) is 39.8 Å². The van der Waals surface area contributed by atoms with Gasteiger partial charge in [-0.25, -0.2) is 4.68 Å². The van der Waals surface area contributed by atoms with Gasteiger partial charge < -0.3 is 4.57 Å². The Morgan fingerprint density at radius 3 is 2.65 bits per heavy atom. The van der Waals surface area contributed by atoms with Crippen LogP contribution in [0.3, 0.4) is 0 Å². The lowest BCUT2D eigenvalue weighted by atomic mass is 10.3. The first kappa shape index (κ1) is 12.9. The lowest BCUT2D eigenvalue weighted by Crippen LogP contribution is -2.18. The molecule has 0 N–H and O–H groups in total. The predicted molar refractivity (Wildman–Crippen MR) is 81.1 cm³/mol. The van der Waals surface area contributed by atoms with Crippen LogP contribution in [-0.4, -0.2) is 14.3 Å². The number of benzene rings is 1. The third-order valence-corrected chi connectivity index (χ3v) is 3.43. The molecular weight excluding hydrogens is 318 g/mol. The van der Waals surface area contributed by atoms with E-state index in [9.17, 15) is 4.79 Å². The number of nitrogens with zero attached hydrogens (tertiary/aromatic N) is 3. The molecule has 4 nitrogen and oxygen atoms in total. The van der Waals surface area contributed by atoms with Gasteiger partial charge in [0.2, 0.25) is 0 Å². The Bertz CT molecular complexity index is 777. The molecule has 5 heteroatoms. The number of para-hydroxylation sites is 1. The van der Waals surface area contributed by atoms with Gasteiger partial charge in [-0.2, -0.15) is 5.10 Å². The molecule has 100 valence electrons. The minimum absolute atomic E-state index is 0.0272. The van der Waals surface area contributed by atoms with Crippen LogP contribution in [0.15, 0.2) is 70.3 Å². The Morgan fingerprint density at radius 2 is 1.85 bits per heavy atom. The summed E-state index contributed by atoms with van der Waals surface area (Å²) in [6.45, 7) is 0.505. The first-order valence-electron chi connectivity index (χ1n) is 6.17. The summed E-state index contributed by atoms with van der Waals surface area (Å²) in [5, 5.41) is 4.32. The van der Waals surface area contributed by atoms with E-state index in [-0.39, 0.29) is 5.56 Å². The molecule has 0 amide bonds. The second kappa shape index (κ2) is 5.46. The number of pyridine rings is 1. The van der Waals surface area contributed by atoms with Crippen molar-refractivity contribution in [2.45, 2.75) is 6.54 Å². The summed E-state index contributed by atoms with van der Waals surface area (Å²) in [7, 11) is 0. The SMILES string of the molecule is O=c1ccc(Br)cn1Cc1cnn(-c2ccccc2)c1. The first-order valence-corrected chi connectivity index (χ1v) is 6.97. The molecule has 0 spiro atoms. The van der Waals surface area contributed by atoms with E-state index in [2.05, 4.69) is 21.0 Å². The zero-order chi connectivity index (χ0) is 13.9. The van der Waals surface area contributed by atoms with Crippen LogP contribution in [0.2, 0.25) is 0 Å². The summed E-state index contributed by atoms with van der Waals surface area (Å²) in [6.07, 6.45) is 5.49. The number of hydrogen-bond acceptors (Lipinski definition) is 2. The average Bonchev–Trinajstić information content (AvgIpc) is 2.92. The van der Waals surface area contributed by atoms with Gasteiger partial charge in [0, 0.05) is 28.5 Å². The van der Waals surface area contributed by atoms with Crippen molar-refractivity contribution >= 4 is 15.9 Å². The predicted octanol–water partition coefficient (Wildman–Crippen LogP) is 2.84. The van der Waals surface area contributed by atoms with Crippen molar-refractivity contribution in [3.8, 4) is 5.69 Å². The highest BCUT2D eigenvalue weighted by molar-refractivity contribution is 9.10. The molecule has 0 radical (unpaired) electrons. The maximum absolute atomic E-state index is 11.8. The molecule has 0 unspecified atom stereocenters. The fourth-order valence-electron chi connectivity index (χ4n) is 1.99. The van der Waals surface area contributed by atoms with Gasteiger partial charge in [0.15, 0.2) is 0 Å². The molecule has 3 aromatic rings. The lowest BCUT2D eigenvalue weighted by molar-refractivity contribution is 0.756. The maximum atomic E-state index is 11.8. The van der Waals surface area contributed by atoms with Crippen molar-refractivity contribution in [2.24, 2.45) is 0 Å². The smallest absolute Gasteiger partial charge is 0.250 e. The number of aromatic nitrogens is 3. The van der Waals surface area contributed by atoms with E-state index in [1.54, 1.807) is 33.8 Å². The average molecular weight is 330 g/mol. The van der Waals surface area contributed by atoms with E-state index in [1.165, 1.54) is 0 Å². The summed E-state index contributed by atoms with van der Waals surface area (Å²) in [5.41, 5.74) is 1.95. The molecule has 0 saturated carbocycles. The van der Waals surface area contributed by atoms with E-state index in [0.29, 0.717) is 6.54 Å². The molecule has 2 aromatic heterocycles. The first-order chi connectivity index (χ1) is 9.72.